The highest BCUT2D eigenvalue weighted by Gasteiger charge is 2.72. The Hall–Kier alpha value is -2.12. The van der Waals surface area contributed by atoms with Crippen LogP contribution in [0, 0.1) is 44.8 Å². The molecule has 24 nitrogen and oxygen atoms in total. The summed E-state index contributed by atoms with van der Waals surface area (Å²) in [4.78, 5) is 29.2. The van der Waals surface area contributed by atoms with Gasteiger partial charge in [-0.15, -0.1) is 0 Å². The Morgan fingerprint density at radius 1 is 0.679 bits per heavy atom. The van der Waals surface area contributed by atoms with E-state index in [1.54, 1.807) is 7.11 Å². The lowest BCUT2D eigenvalue weighted by Gasteiger charge is -2.71. The van der Waals surface area contributed by atoms with Gasteiger partial charge < -0.3 is 109 Å². The summed E-state index contributed by atoms with van der Waals surface area (Å²) in [7, 11) is 1.67. The highest BCUT2D eigenvalue weighted by Crippen LogP contribution is 2.75. The number of nitrogens with one attached hydrogen (secondary N) is 1. The second-order valence-electron chi connectivity index (χ2n) is 25.8. The third kappa shape index (κ3) is 9.82. The zero-order valence-corrected chi connectivity index (χ0v) is 45.9. The van der Waals surface area contributed by atoms with Gasteiger partial charge >= 0.3 is 5.97 Å². The predicted molar refractivity (Wildman–Crippen MR) is 265 cm³/mol. The number of aliphatic hydroxyl groups is 12. The van der Waals surface area contributed by atoms with E-state index in [0.717, 1.165) is 24.8 Å². The molecule has 24 heteroatoms. The molecule has 4 heterocycles. The monoisotopic (exact) mass is 1120 g/mol. The fourth-order valence-corrected chi connectivity index (χ4v) is 16.2. The summed E-state index contributed by atoms with van der Waals surface area (Å²) >= 11 is 0. The molecule has 4 saturated carbocycles. The van der Waals surface area contributed by atoms with Gasteiger partial charge in [0, 0.05) is 7.11 Å². The van der Waals surface area contributed by atoms with Crippen molar-refractivity contribution in [2.45, 2.75) is 235 Å². The van der Waals surface area contributed by atoms with Crippen molar-refractivity contribution in [2.75, 3.05) is 33.5 Å². The zero-order valence-electron chi connectivity index (χ0n) is 45.9. The average Bonchev–Trinajstić information content (AvgIpc) is 3.76. The number of fused-ring (bicyclic) bond motifs is 7. The number of esters is 1. The van der Waals surface area contributed by atoms with Crippen LogP contribution in [0.1, 0.15) is 106 Å². The van der Waals surface area contributed by atoms with Crippen LogP contribution >= 0.6 is 0 Å². The van der Waals surface area contributed by atoms with Gasteiger partial charge in [0.15, 0.2) is 25.0 Å². The van der Waals surface area contributed by atoms with E-state index in [0.29, 0.717) is 25.7 Å². The Morgan fingerprint density at radius 3 is 2.00 bits per heavy atom. The minimum Gasteiger partial charge on any atom is -0.432 e. The summed E-state index contributed by atoms with van der Waals surface area (Å²) in [6.45, 7) is 11.8. The Bertz CT molecular complexity index is 2190. The standard InChI is InChI=1S/C54H87NO23/c1-23-42(76-45-39(66)35(62)26(58)21-71-45)38(65)41(68)46(73-23)77-43-37(64)34(55-33(61)22-72-44-40(67)36(63)28(20-57)75-44)27(19-56)74-47(43)78-48(69)54-16-15-49(2,3)17-25(54)24-9-10-29-50(4)13-12-31(59)53(7,70-8)30(50)11-14-51(29,5)52(24,6)18-32(54)60/h9,23,25-32,34-47,56-60,62-68H,10-22H2,1-8H3,(H,55,61)/t23?,25?,26-,27-,28+,29?,30-,31+,32?,34+,35?,36?,37?,38?,39?,40?,41?,42+,43?,44-,45+,46+,47+,50?,51+,52-,53-,54-/m1/s1. The SMILES string of the molecule is CO[C@]1(C)[C@@H]2CC[C@@]3(C)C(CC=C4C5CC(C)(C)CC[C@]5(C(=O)O[C@@H]5O[C@H](CO)[C@H](NC(=O)CO[C@@H]6O[C@@H](CO)C(O)C6O)C(O)C5O[C@@H]5OC(C)[C@H](O[C@@H]6OC[C@@H](O)C(O)C6O)C(O)C5O)C(O)C[C@]43C)C2(C)CC[C@@H]1O. The molecule has 0 aromatic heterocycles. The largest absolute Gasteiger partial charge is 0.432 e. The molecular weight excluding hydrogens is 1030 g/mol. The van der Waals surface area contributed by atoms with Gasteiger partial charge in [-0.25, -0.2) is 0 Å². The number of carbonyl (C=O) groups is 2. The molecule has 13 unspecified atom stereocenters. The van der Waals surface area contributed by atoms with E-state index in [2.05, 4.69) is 46.0 Å². The molecule has 5 aliphatic carbocycles. The van der Waals surface area contributed by atoms with Crippen molar-refractivity contribution < 1.29 is 113 Å². The first-order chi connectivity index (χ1) is 36.6. The summed E-state index contributed by atoms with van der Waals surface area (Å²) in [5.41, 5.74) is -2.69. The lowest BCUT2D eigenvalue weighted by Crippen LogP contribution is -2.70. The molecule has 0 aromatic carbocycles. The van der Waals surface area contributed by atoms with Crippen molar-refractivity contribution >= 4 is 11.9 Å². The van der Waals surface area contributed by atoms with Crippen molar-refractivity contribution in [3.05, 3.63) is 11.6 Å². The number of aliphatic hydroxyl groups excluding tert-OH is 12. The minimum atomic E-state index is -2.01. The smallest absolute Gasteiger partial charge is 0.317 e. The van der Waals surface area contributed by atoms with Crippen LogP contribution < -0.4 is 5.32 Å². The quantitative estimate of drug-likeness (QED) is 0.0683. The van der Waals surface area contributed by atoms with Gasteiger partial charge in [-0.2, -0.15) is 0 Å². The van der Waals surface area contributed by atoms with Crippen LogP contribution in [0.3, 0.4) is 0 Å². The van der Waals surface area contributed by atoms with Crippen molar-refractivity contribution in [1.29, 1.82) is 0 Å². The first kappa shape index (κ1) is 60.5. The van der Waals surface area contributed by atoms with Crippen molar-refractivity contribution in [1.82, 2.24) is 5.32 Å². The maximum absolute atomic E-state index is 15.7. The summed E-state index contributed by atoms with van der Waals surface area (Å²) in [6.07, 6.45) is -22.5. The Morgan fingerprint density at radius 2 is 1.33 bits per heavy atom. The van der Waals surface area contributed by atoms with Crippen LogP contribution in [-0.4, -0.2) is 235 Å². The maximum Gasteiger partial charge on any atom is 0.317 e. The molecule has 1 amide bonds. The van der Waals surface area contributed by atoms with Gasteiger partial charge in [0.2, 0.25) is 12.2 Å². The third-order valence-electron chi connectivity index (χ3n) is 21.2. The van der Waals surface area contributed by atoms with Gasteiger partial charge in [0.1, 0.15) is 79.2 Å². The number of amides is 1. The topological polar surface area (TPSA) is 372 Å². The molecule has 0 bridgehead atoms. The maximum atomic E-state index is 15.7. The first-order valence-electron chi connectivity index (χ1n) is 27.9. The molecule has 446 valence electrons. The molecule has 4 aliphatic heterocycles. The fraction of sp³-hybridized carbons (Fsp3) is 0.926. The first-order valence-corrected chi connectivity index (χ1v) is 27.9. The van der Waals surface area contributed by atoms with Crippen LogP contribution in [-0.2, 0) is 52.2 Å². The van der Waals surface area contributed by atoms with Crippen LogP contribution in [0.2, 0.25) is 0 Å². The Labute approximate surface area is 454 Å². The summed E-state index contributed by atoms with van der Waals surface area (Å²) in [5, 5.41) is 134. The molecule has 78 heavy (non-hydrogen) atoms. The lowest BCUT2D eigenvalue weighted by molar-refractivity contribution is -0.370. The number of carbonyl (C=O) groups excluding carboxylic acids is 2. The van der Waals surface area contributed by atoms with E-state index in [4.69, 9.17) is 42.6 Å². The summed E-state index contributed by atoms with van der Waals surface area (Å²) in [5.74, 6) is -2.15. The van der Waals surface area contributed by atoms with E-state index in [1.807, 2.05) is 6.92 Å². The molecule has 28 atom stereocenters. The van der Waals surface area contributed by atoms with Gasteiger partial charge in [0.05, 0.1) is 49.8 Å². The zero-order chi connectivity index (χ0) is 57.0. The van der Waals surface area contributed by atoms with Gasteiger partial charge in [-0.3, -0.25) is 9.59 Å². The van der Waals surface area contributed by atoms with Crippen LogP contribution in [0.5, 0.6) is 0 Å². The van der Waals surface area contributed by atoms with Gasteiger partial charge in [0.25, 0.3) is 0 Å². The second-order valence-corrected chi connectivity index (χ2v) is 25.8. The number of ether oxygens (including phenoxy) is 9. The van der Waals surface area contributed by atoms with Crippen LogP contribution in [0.25, 0.3) is 0 Å². The van der Waals surface area contributed by atoms with Crippen molar-refractivity contribution in [3.63, 3.8) is 0 Å². The molecule has 0 radical (unpaired) electrons. The fourth-order valence-electron chi connectivity index (χ4n) is 16.2. The molecule has 4 saturated heterocycles. The van der Waals surface area contributed by atoms with Gasteiger partial charge in [-0.05, 0) is 111 Å². The van der Waals surface area contributed by atoms with E-state index < -0.39 is 183 Å². The number of hydrogen-bond acceptors (Lipinski definition) is 23. The highest BCUT2D eigenvalue weighted by molar-refractivity contribution is 5.80. The Balaban J connectivity index is 1.01. The number of allylic oxidation sites excluding steroid dienone is 2. The van der Waals surface area contributed by atoms with E-state index in [1.165, 1.54) is 6.92 Å². The Kier molecular flexibility index (Phi) is 17.2. The molecule has 13 N–H and O–H groups in total. The second kappa shape index (κ2) is 22.1. The number of rotatable bonds is 13. The minimum absolute atomic E-state index is 0.0741. The van der Waals surface area contributed by atoms with Crippen LogP contribution in [0.4, 0.5) is 0 Å². The molecule has 0 spiro atoms. The van der Waals surface area contributed by atoms with E-state index in [9.17, 15) is 66.1 Å². The summed E-state index contributed by atoms with van der Waals surface area (Å²) in [6, 6.07) is -1.59. The van der Waals surface area contributed by atoms with Gasteiger partial charge in [-0.1, -0.05) is 46.3 Å². The molecule has 8 fully saturated rings. The van der Waals surface area contributed by atoms with Crippen molar-refractivity contribution in [2.24, 2.45) is 44.8 Å². The number of methoxy groups -OCH3 is 1. The third-order valence-corrected chi connectivity index (χ3v) is 21.2. The average molecular weight is 1120 g/mol. The molecular formula is C54H87NO23. The lowest BCUT2D eigenvalue weighted by atomic mass is 9.34. The van der Waals surface area contributed by atoms with Crippen LogP contribution in [0.15, 0.2) is 11.6 Å². The normalized spacial score (nSPS) is 52.9. The number of hydrogen-bond donors (Lipinski definition) is 13. The molecule has 0 aromatic rings. The molecule has 9 rings (SSSR count). The summed E-state index contributed by atoms with van der Waals surface area (Å²) < 4.78 is 53.0. The van der Waals surface area contributed by atoms with E-state index in [-0.39, 0.29) is 40.9 Å². The van der Waals surface area contributed by atoms with E-state index >= 15 is 4.79 Å². The molecule has 9 aliphatic rings. The predicted octanol–water partition coefficient (Wildman–Crippen LogP) is -2.26. The van der Waals surface area contributed by atoms with Crippen molar-refractivity contribution in [3.8, 4) is 0 Å². The highest BCUT2D eigenvalue weighted by atomic mass is 16.8.